The van der Waals surface area contributed by atoms with Crippen molar-refractivity contribution in [2.24, 2.45) is 22.9 Å². The molecular formula is C10H22N3O8PS2. The highest BCUT2D eigenvalue weighted by Crippen LogP contribution is 2.55. The van der Waals surface area contributed by atoms with Crippen LogP contribution in [0.4, 0.5) is 0 Å². The van der Waals surface area contributed by atoms with E-state index in [4.69, 9.17) is 29.2 Å². The number of rotatable bonds is 4. The lowest BCUT2D eigenvalue weighted by Gasteiger charge is -2.56. The summed E-state index contributed by atoms with van der Waals surface area (Å²) in [7, 11) is -12.9. The summed E-state index contributed by atoms with van der Waals surface area (Å²) in [5.74, 6) is 1.80. The van der Waals surface area contributed by atoms with Crippen LogP contribution in [0.5, 0.6) is 0 Å². The molecule has 14 heteroatoms. The highest BCUT2D eigenvalue weighted by molar-refractivity contribution is 7.98. The summed E-state index contributed by atoms with van der Waals surface area (Å²) in [6.07, 6.45) is 6.16. The molecule has 0 aromatic rings. The molecule has 0 heterocycles. The smallest absolute Gasteiger partial charge is 0.303 e. The minimum atomic E-state index is -4.64. The normalized spacial score (nSPS) is 37.4. The Morgan fingerprint density at radius 1 is 1.04 bits per heavy atom. The summed E-state index contributed by atoms with van der Waals surface area (Å²) in [5, 5.41) is 4.70. The van der Waals surface area contributed by atoms with Gasteiger partial charge in [0.2, 0.25) is 10.2 Å². The third-order valence-corrected chi connectivity index (χ3v) is 6.81. The maximum Gasteiger partial charge on any atom is 0.466 e. The van der Waals surface area contributed by atoms with E-state index in [0.717, 1.165) is 19.3 Å². The number of hydrogen-bond acceptors (Lipinski definition) is 6. The van der Waals surface area contributed by atoms with Crippen molar-refractivity contribution in [1.82, 2.24) is 4.72 Å². The van der Waals surface area contributed by atoms with E-state index in [1.807, 2.05) is 0 Å². The molecule has 4 bridgehead atoms. The monoisotopic (exact) mass is 407 g/mol. The van der Waals surface area contributed by atoms with Gasteiger partial charge < -0.3 is 14.7 Å². The lowest BCUT2D eigenvalue weighted by atomic mass is 9.53. The number of nitrogens with two attached hydrogens (primary N) is 1. The fourth-order valence-electron chi connectivity index (χ4n) is 4.67. The number of hydrogen-bond donors (Lipinski definition) is 6. The maximum absolute atomic E-state index is 12.0. The topological polar surface area (TPSA) is 200 Å². The molecule has 0 radical (unpaired) electrons. The molecule has 4 aliphatic rings. The first-order valence-corrected chi connectivity index (χ1v) is 11.8. The van der Waals surface area contributed by atoms with Crippen molar-refractivity contribution in [3.05, 3.63) is 0 Å². The Morgan fingerprint density at radius 2 is 1.38 bits per heavy atom. The average Bonchev–Trinajstić information content (AvgIpc) is 2.17. The summed E-state index contributed by atoms with van der Waals surface area (Å²) in [6, 6.07) is 0. The van der Waals surface area contributed by atoms with Gasteiger partial charge in [0.1, 0.15) is 0 Å². The van der Waals surface area contributed by atoms with Gasteiger partial charge in [-0.1, -0.05) is 0 Å². The Morgan fingerprint density at radius 3 is 1.67 bits per heavy atom. The summed E-state index contributed by atoms with van der Waals surface area (Å²) in [4.78, 5) is 21.6. The van der Waals surface area contributed by atoms with Gasteiger partial charge in [0.05, 0.1) is 0 Å². The van der Waals surface area contributed by atoms with Crippen LogP contribution in [0.1, 0.15) is 38.5 Å². The van der Waals surface area contributed by atoms with Crippen LogP contribution in [-0.4, -0.2) is 32.8 Å². The lowest BCUT2D eigenvalue weighted by Crippen LogP contribution is -2.59. The summed E-state index contributed by atoms with van der Waals surface area (Å²) in [6.45, 7) is 0. The molecule has 142 valence electrons. The fraction of sp³-hybridized carbons (Fsp3) is 1.00. The van der Waals surface area contributed by atoms with E-state index in [1.165, 1.54) is 19.3 Å². The molecule has 4 rings (SSSR count). The fourth-order valence-corrected chi connectivity index (χ4v) is 6.70. The predicted molar refractivity (Wildman–Crippen MR) is 83.4 cm³/mol. The second kappa shape index (κ2) is 6.56. The summed E-state index contributed by atoms with van der Waals surface area (Å²) < 4.78 is 57.0. The molecule has 4 saturated carbocycles. The second-order valence-corrected chi connectivity index (χ2v) is 10.6. The molecule has 7 N–H and O–H groups in total. The first-order valence-electron chi connectivity index (χ1n) is 7.24. The number of phosphoric acid groups is 1. The zero-order chi connectivity index (χ0) is 18.4. The van der Waals surface area contributed by atoms with Crippen molar-refractivity contribution in [3.8, 4) is 0 Å². The molecular weight excluding hydrogens is 385 g/mol. The van der Waals surface area contributed by atoms with Crippen molar-refractivity contribution < 1.29 is 35.5 Å². The van der Waals surface area contributed by atoms with Crippen LogP contribution in [0.2, 0.25) is 0 Å². The van der Waals surface area contributed by atoms with Crippen LogP contribution in [0.15, 0.2) is 0 Å². The molecule has 0 amide bonds. The van der Waals surface area contributed by atoms with Crippen molar-refractivity contribution in [2.75, 3.05) is 0 Å². The van der Waals surface area contributed by atoms with E-state index in [1.54, 1.807) is 0 Å². The Labute approximate surface area is 140 Å². The molecule has 1 unspecified atom stereocenters. The second-order valence-electron chi connectivity index (χ2n) is 6.88. The first-order chi connectivity index (χ1) is 10.6. The third-order valence-electron chi connectivity index (χ3n) is 4.58. The maximum atomic E-state index is 12.0. The molecule has 0 saturated heterocycles. The Balaban J connectivity index is 0.000000368. The molecule has 0 aliphatic heterocycles. The van der Waals surface area contributed by atoms with Crippen LogP contribution in [0.3, 0.4) is 0 Å². The number of nitrogens with one attached hydrogen (secondary N) is 2. The van der Waals surface area contributed by atoms with Gasteiger partial charge in [-0.25, -0.2) is 23.4 Å². The van der Waals surface area contributed by atoms with Crippen molar-refractivity contribution in [1.29, 1.82) is 4.78 Å². The van der Waals surface area contributed by atoms with Gasteiger partial charge in [-0.2, -0.15) is 8.42 Å². The van der Waals surface area contributed by atoms with Crippen molar-refractivity contribution in [2.45, 2.75) is 44.1 Å². The first kappa shape index (κ1) is 20.2. The molecule has 4 fully saturated rings. The van der Waals surface area contributed by atoms with E-state index in [0.29, 0.717) is 17.8 Å². The Hall–Kier alpha value is -0.110. The zero-order valence-corrected chi connectivity index (χ0v) is 15.2. The zero-order valence-electron chi connectivity index (χ0n) is 12.7. The van der Waals surface area contributed by atoms with Crippen LogP contribution >= 0.6 is 7.82 Å². The van der Waals surface area contributed by atoms with Crippen molar-refractivity contribution >= 4 is 28.3 Å². The van der Waals surface area contributed by atoms with E-state index < -0.39 is 33.9 Å². The molecule has 11 nitrogen and oxygen atoms in total. The highest BCUT2D eigenvalue weighted by Gasteiger charge is 2.52. The van der Waals surface area contributed by atoms with Gasteiger partial charge in [0.15, 0.2) is 0 Å². The largest absolute Gasteiger partial charge is 0.466 e. The molecule has 0 aromatic carbocycles. The molecule has 1 atom stereocenters. The van der Waals surface area contributed by atoms with Crippen LogP contribution < -0.4 is 9.86 Å². The molecule has 0 aromatic heterocycles. The molecule has 0 spiro atoms. The van der Waals surface area contributed by atoms with E-state index in [9.17, 15) is 12.6 Å². The predicted octanol–water partition coefficient (Wildman–Crippen LogP) is -0.287. The van der Waals surface area contributed by atoms with Crippen molar-refractivity contribution in [3.63, 3.8) is 0 Å². The van der Waals surface area contributed by atoms with Gasteiger partial charge >= 0.3 is 18.1 Å². The summed E-state index contributed by atoms with van der Waals surface area (Å²) >= 11 is 0. The third kappa shape index (κ3) is 6.32. The lowest BCUT2D eigenvalue weighted by molar-refractivity contribution is -0.00844. The molecule has 24 heavy (non-hydrogen) atoms. The standard InChI is InChI=1S/C10H19N3O4S2.H3O4P/c11-18(14,17-19(12,15)16)13-10-4-7-1-8(5-10)3-9(2-7)6-10;1-5(2,3)4/h7-9H,1-6H2,(H2,11,13,14)(H2,12,15,16);(H3,1,2,3,4). The Kier molecular flexibility index (Phi) is 5.52. The average molecular weight is 407 g/mol. The summed E-state index contributed by atoms with van der Waals surface area (Å²) in [5.41, 5.74) is -0.404. The van der Waals surface area contributed by atoms with Crippen LogP contribution in [0.25, 0.3) is 0 Å². The SMILES string of the molecule is N=S(=O)(NC12CC3CC(CC(C3)C1)C2)OS(N)(=O)=O.O=P(O)(O)O. The van der Waals surface area contributed by atoms with E-state index >= 15 is 0 Å². The van der Waals surface area contributed by atoms with Gasteiger partial charge in [0, 0.05) is 5.54 Å². The van der Waals surface area contributed by atoms with E-state index in [-0.39, 0.29) is 0 Å². The highest BCUT2D eigenvalue weighted by atomic mass is 32.3. The van der Waals surface area contributed by atoms with Gasteiger partial charge in [-0.05, 0) is 56.3 Å². The minimum absolute atomic E-state index is 0.404. The quantitative estimate of drug-likeness (QED) is 0.341. The minimum Gasteiger partial charge on any atom is -0.303 e. The van der Waals surface area contributed by atoms with Gasteiger partial charge in [-0.3, -0.25) is 0 Å². The van der Waals surface area contributed by atoms with Gasteiger partial charge in [-0.15, -0.1) is 3.63 Å². The Bertz CT molecular complexity index is 688. The van der Waals surface area contributed by atoms with Crippen LogP contribution in [0, 0.1) is 22.5 Å². The van der Waals surface area contributed by atoms with Crippen LogP contribution in [-0.2, 0) is 28.7 Å². The van der Waals surface area contributed by atoms with E-state index in [2.05, 4.69) is 8.35 Å². The van der Waals surface area contributed by atoms with Gasteiger partial charge in [0.25, 0.3) is 0 Å². The molecule has 4 aliphatic carbocycles.